The van der Waals surface area contributed by atoms with Crippen molar-refractivity contribution in [2.75, 3.05) is 0 Å². The second-order valence-electron chi connectivity index (χ2n) is 16.0. The lowest BCUT2D eigenvalue weighted by Gasteiger charge is -2.14. The first-order valence-electron chi connectivity index (χ1n) is 20.0. The molecule has 12 aromatic carbocycles. The SMILES string of the molecule is c1cc2ccc3ccc(-c4ccc5oc6ccc(-c7ccc8oc9ccc(-c%10ccc%11ccc%12cccc%13ccc%10c%11c%12%13)cc9c8c7)cc6c5c4)c4ccc(c1)c2c34. The molecular formula is C56H30O2. The summed E-state index contributed by atoms with van der Waals surface area (Å²) >= 11 is 0. The Morgan fingerprint density at radius 1 is 0.224 bits per heavy atom. The first-order chi connectivity index (χ1) is 28.7. The van der Waals surface area contributed by atoms with Gasteiger partial charge in [0.1, 0.15) is 22.3 Å². The smallest absolute Gasteiger partial charge is 0.135 e. The summed E-state index contributed by atoms with van der Waals surface area (Å²) in [6, 6.07) is 66.8. The maximum Gasteiger partial charge on any atom is 0.135 e. The zero-order chi connectivity index (χ0) is 37.6. The lowest BCUT2D eigenvalue weighted by molar-refractivity contribution is 0.668. The van der Waals surface area contributed by atoms with Crippen LogP contribution in [0.3, 0.4) is 0 Å². The molecule has 2 nitrogen and oxygen atoms in total. The zero-order valence-corrected chi connectivity index (χ0v) is 31.1. The summed E-state index contributed by atoms with van der Waals surface area (Å²) in [5, 5.41) is 20.0. The zero-order valence-electron chi connectivity index (χ0n) is 31.1. The second-order valence-corrected chi connectivity index (χ2v) is 16.0. The maximum absolute atomic E-state index is 6.44. The Hall–Kier alpha value is -7.68. The van der Waals surface area contributed by atoms with Gasteiger partial charge in [-0.25, -0.2) is 0 Å². The van der Waals surface area contributed by atoms with Crippen LogP contribution in [0.25, 0.3) is 142 Å². The van der Waals surface area contributed by atoms with Crippen molar-refractivity contribution in [2.45, 2.75) is 0 Å². The maximum atomic E-state index is 6.44. The molecule has 0 aliphatic rings. The van der Waals surface area contributed by atoms with Crippen LogP contribution in [-0.2, 0) is 0 Å². The van der Waals surface area contributed by atoms with Crippen molar-refractivity contribution in [3.05, 3.63) is 182 Å². The Labute approximate surface area is 331 Å². The van der Waals surface area contributed by atoms with Gasteiger partial charge in [-0.05, 0) is 147 Å². The van der Waals surface area contributed by atoms with E-state index in [1.807, 2.05) is 0 Å². The van der Waals surface area contributed by atoms with E-state index in [1.54, 1.807) is 0 Å². The Kier molecular flexibility index (Phi) is 5.79. The summed E-state index contributed by atoms with van der Waals surface area (Å²) < 4.78 is 12.9. The summed E-state index contributed by atoms with van der Waals surface area (Å²) in [5.74, 6) is 0. The van der Waals surface area contributed by atoms with E-state index in [9.17, 15) is 0 Å². The quantitative estimate of drug-likeness (QED) is 0.169. The van der Waals surface area contributed by atoms with Gasteiger partial charge in [0.25, 0.3) is 0 Å². The summed E-state index contributed by atoms with van der Waals surface area (Å²) in [5.41, 5.74) is 10.7. The van der Waals surface area contributed by atoms with Gasteiger partial charge in [0.2, 0.25) is 0 Å². The minimum Gasteiger partial charge on any atom is -0.456 e. The first-order valence-corrected chi connectivity index (χ1v) is 20.0. The molecule has 2 heteroatoms. The molecule has 0 fully saturated rings. The van der Waals surface area contributed by atoms with E-state index in [4.69, 9.17) is 8.83 Å². The molecule has 14 aromatic rings. The molecule has 2 heterocycles. The van der Waals surface area contributed by atoms with E-state index in [0.29, 0.717) is 0 Å². The van der Waals surface area contributed by atoms with E-state index in [1.165, 1.54) is 86.9 Å². The molecule has 0 atom stereocenters. The van der Waals surface area contributed by atoms with Crippen molar-refractivity contribution in [3.63, 3.8) is 0 Å². The van der Waals surface area contributed by atoms with Crippen LogP contribution in [0.15, 0.2) is 191 Å². The van der Waals surface area contributed by atoms with E-state index in [-0.39, 0.29) is 0 Å². The Morgan fingerprint density at radius 2 is 0.534 bits per heavy atom. The van der Waals surface area contributed by atoms with Crippen molar-refractivity contribution in [1.29, 1.82) is 0 Å². The highest BCUT2D eigenvalue weighted by Gasteiger charge is 2.17. The minimum absolute atomic E-state index is 0.888. The topological polar surface area (TPSA) is 26.3 Å². The first kappa shape index (κ1) is 30.5. The number of benzene rings is 12. The van der Waals surface area contributed by atoms with Crippen LogP contribution in [-0.4, -0.2) is 0 Å². The van der Waals surface area contributed by atoms with Crippen LogP contribution in [0.5, 0.6) is 0 Å². The fourth-order valence-electron chi connectivity index (χ4n) is 10.2. The molecule has 0 radical (unpaired) electrons. The van der Waals surface area contributed by atoms with Crippen molar-refractivity contribution in [1.82, 2.24) is 0 Å². The number of rotatable bonds is 3. The van der Waals surface area contributed by atoms with Crippen LogP contribution in [0, 0.1) is 0 Å². The average Bonchev–Trinajstić information content (AvgIpc) is 3.84. The monoisotopic (exact) mass is 734 g/mol. The largest absolute Gasteiger partial charge is 0.456 e. The van der Waals surface area contributed by atoms with E-state index in [0.717, 1.165) is 55.0 Å². The van der Waals surface area contributed by atoms with Crippen LogP contribution in [0.4, 0.5) is 0 Å². The van der Waals surface area contributed by atoms with Gasteiger partial charge >= 0.3 is 0 Å². The van der Waals surface area contributed by atoms with Crippen molar-refractivity contribution in [3.8, 4) is 33.4 Å². The molecule has 0 aliphatic heterocycles. The predicted molar refractivity (Wildman–Crippen MR) is 245 cm³/mol. The van der Waals surface area contributed by atoms with Crippen LogP contribution >= 0.6 is 0 Å². The fraction of sp³-hybridized carbons (Fsp3) is 0. The minimum atomic E-state index is 0.888. The standard InChI is InChI=1S/C56H30O2/c1-3-31-7-9-35-11-19-41(43-21-13-33(5-1)53(31)55(35)43)39-17-25-51-47(29-39)45-27-37(15-23-49(45)57-51)38-16-24-50-46(28-38)48-30-40(18-26-52(48)58-50)42-20-12-36-10-8-32-4-2-6-34-14-22-44(42)56(36)54(32)34/h1-30H. The molecule has 0 saturated carbocycles. The molecule has 2 aromatic heterocycles. The molecule has 0 spiro atoms. The van der Waals surface area contributed by atoms with Gasteiger partial charge in [-0.3, -0.25) is 0 Å². The Morgan fingerprint density at radius 3 is 0.931 bits per heavy atom. The summed E-state index contributed by atoms with van der Waals surface area (Å²) in [6.45, 7) is 0. The molecule has 0 N–H and O–H groups in total. The number of hydrogen-bond acceptors (Lipinski definition) is 2. The lowest BCUT2D eigenvalue weighted by atomic mass is 9.89. The van der Waals surface area contributed by atoms with Crippen LogP contribution in [0.1, 0.15) is 0 Å². The van der Waals surface area contributed by atoms with Gasteiger partial charge in [-0.1, -0.05) is 133 Å². The highest BCUT2D eigenvalue weighted by Crippen LogP contribution is 2.44. The van der Waals surface area contributed by atoms with Gasteiger partial charge < -0.3 is 8.83 Å². The van der Waals surface area contributed by atoms with E-state index < -0.39 is 0 Å². The molecule has 0 saturated heterocycles. The molecule has 0 aliphatic carbocycles. The molecule has 266 valence electrons. The van der Waals surface area contributed by atoms with Gasteiger partial charge in [-0.2, -0.15) is 0 Å². The van der Waals surface area contributed by atoms with Crippen molar-refractivity contribution in [2.24, 2.45) is 0 Å². The summed E-state index contributed by atoms with van der Waals surface area (Å²) in [7, 11) is 0. The van der Waals surface area contributed by atoms with Gasteiger partial charge in [-0.15, -0.1) is 0 Å². The molecule has 58 heavy (non-hydrogen) atoms. The molecule has 0 amide bonds. The van der Waals surface area contributed by atoms with Crippen LogP contribution < -0.4 is 0 Å². The Bertz CT molecular complexity index is 3730. The normalized spacial score (nSPS) is 12.5. The Balaban J connectivity index is 0.901. The second kappa shape index (κ2) is 11.0. The molecular weight excluding hydrogens is 705 g/mol. The highest BCUT2D eigenvalue weighted by atomic mass is 16.3. The fourth-order valence-corrected chi connectivity index (χ4v) is 10.2. The lowest BCUT2D eigenvalue weighted by Crippen LogP contribution is -1.87. The summed E-state index contributed by atoms with van der Waals surface area (Å²) in [6.07, 6.45) is 0. The van der Waals surface area contributed by atoms with Gasteiger partial charge in [0.05, 0.1) is 0 Å². The molecule has 0 unspecified atom stereocenters. The molecule has 14 rings (SSSR count). The van der Waals surface area contributed by atoms with Crippen LogP contribution in [0.2, 0.25) is 0 Å². The highest BCUT2D eigenvalue weighted by molar-refractivity contribution is 6.27. The van der Waals surface area contributed by atoms with Gasteiger partial charge in [0.15, 0.2) is 0 Å². The third-order valence-electron chi connectivity index (χ3n) is 13.0. The average molecular weight is 735 g/mol. The number of furan rings is 2. The van der Waals surface area contributed by atoms with Crippen molar-refractivity contribution < 1.29 is 8.83 Å². The predicted octanol–water partition coefficient (Wildman–Crippen LogP) is 16.3. The van der Waals surface area contributed by atoms with E-state index in [2.05, 4.69) is 182 Å². The van der Waals surface area contributed by atoms with E-state index >= 15 is 0 Å². The molecule has 0 bridgehead atoms. The number of hydrogen-bond donors (Lipinski definition) is 0. The summed E-state index contributed by atoms with van der Waals surface area (Å²) in [4.78, 5) is 0. The third-order valence-corrected chi connectivity index (χ3v) is 13.0. The third kappa shape index (κ3) is 4.11. The number of fused-ring (bicyclic) bond motifs is 6. The van der Waals surface area contributed by atoms with Crippen molar-refractivity contribution >= 4 is 109 Å². The van der Waals surface area contributed by atoms with Gasteiger partial charge in [0, 0.05) is 21.5 Å².